The third-order valence-electron chi connectivity index (χ3n) is 9.57. The number of aromatic nitrogens is 2. The van der Waals surface area contributed by atoms with Crippen LogP contribution in [0.2, 0.25) is 0 Å². The van der Waals surface area contributed by atoms with Crippen molar-refractivity contribution in [1.29, 1.82) is 0 Å². The first-order valence-electron chi connectivity index (χ1n) is 17.6. The molecule has 55 heavy (non-hydrogen) atoms. The number of carbonyl (C=O) groups excluding carboxylic acids is 5. The first-order valence-corrected chi connectivity index (χ1v) is 17.6. The van der Waals surface area contributed by atoms with Gasteiger partial charge in [-0.15, -0.1) is 0 Å². The van der Waals surface area contributed by atoms with Gasteiger partial charge in [0.05, 0.1) is 16.1 Å². The van der Waals surface area contributed by atoms with Crippen molar-refractivity contribution >= 4 is 57.5 Å². The number of anilines is 2. The number of H-pyrrole nitrogens is 1. The highest BCUT2D eigenvalue weighted by atomic mass is 16.6. The fourth-order valence-corrected chi connectivity index (χ4v) is 6.88. The maximum Gasteiger partial charge on any atom is 0.274 e. The lowest BCUT2D eigenvalue weighted by Crippen LogP contribution is -2.54. The van der Waals surface area contributed by atoms with E-state index in [1.807, 2.05) is 0 Å². The van der Waals surface area contributed by atoms with Crippen molar-refractivity contribution in [3.63, 3.8) is 0 Å². The van der Waals surface area contributed by atoms with Crippen LogP contribution in [0.25, 0.3) is 22.0 Å². The lowest BCUT2D eigenvalue weighted by Gasteiger charge is -2.27. The number of non-ortho nitro benzene ring substituents is 1. The Labute approximate surface area is 312 Å². The normalized spacial score (nSPS) is 15.2. The molecule has 0 aliphatic carbocycles. The van der Waals surface area contributed by atoms with Crippen molar-refractivity contribution < 1.29 is 33.6 Å². The number of amides is 5. The first-order chi connectivity index (χ1) is 26.5. The van der Waals surface area contributed by atoms with E-state index in [0.29, 0.717) is 70.7 Å². The van der Waals surface area contributed by atoms with Crippen LogP contribution in [0.1, 0.15) is 59.2 Å². The van der Waals surface area contributed by atoms with Gasteiger partial charge < -0.3 is 24.9 Å². The largest absolute Gasteiger partial charge is 0.457 e. The van der Waals surface area contributed by atoms with Crippen molar-refractivity contribution in [2.24, 2.45) is 7.05 Å². The monoisotopic (exact) mass is 745 g/mol. The Kier molecular flexibility index (Phi) is 9.96. The van der Waals surface area contributed by atoms with Gasteiger partial charge in [-0.3, -0.25) is 49.1 Å². The number of unbranched alkanes of at least 4 members (excludes halogenated alkanes) is 2. The Morgan fingerprint density at radius 1 is 0.945 bits per heavy atom. The molecule has 4 heterocycles. The van der Waals surface area contributed by atoms with E-state index in [0.717, 1.165) is 4.90 Å². The minimum atomic E-state index is -1.04. The standard InChI is InChI=1S/C39H35N7O9/c1-44-21-28(25-16-18-41-35(25)39(44)52)27-20-23(46(53)54)12-14-31(27)55-24-8-5-7-22(19-24)42-32(47)11-3-2-4-17-40-29-10-6-9-26-34(29)38(51)45(37(26)50)30-13-15-33(48)43-36(30)49/h5-10,12,14,16,18-21,30,40-41H,2-4,11,13,15,17H2,1H3,(H,42,47)(H,43,48,49). The summed E-state index contributed by atoms with van der Waals surface area (Å²) in [5.74, 6) is -1.78. The van der Waals surface area contributed by atoms with Gasteiger partial charge in [0.15, 0.2) is 0 Å². The predicted molar refractivity (Wildman–Crippen MR) is 201 cm³/mol. The molecule has 4 N–H and O–H groups in total. The number of nitrogens with one attached hydrogen (secondary N) is 4. The number of ether oxygens (including phenoxy) is 1. The van der Waals surface area contributed by atoms with Gasteiger partial charge in [-0.1, -0.05) is 18.6 Å². The number of carbonyl (C=O) groups is 5. The molecule has 2 aliphatic heterocycles. The Morgan fingerprint density at radius 3 is 2.56 bits per heavy atom. The second-order valence-corrected chi connectivity index (χ2v) is 13.3. The third-order valence-corrected chi connectivity index (χ3v) is 9.57. The van der Waals surface area contributed by atoms with Crippen molar-refractivity contribution in [3.05, 3.63) is 111 Å². The number of nitrogens with zero attached hydrogens (tertiary/aromatic N) is 3. The van der Waals surface area contributed by atoms with Crippen LogP contribution in [0.4, 0.5) is 17.1 Å². The summed E-state index contributed by atoms with van der Waals surface area (Å²) in [5.41, 5.74) is 2.28. The van der Waals surface area contributed by atoms with E-state index in [9.17, 15) is 38.9 Å². The molecule has 1 unspecified atom stereocenters. The molecule has 0 spiro atoms. The number of fused-ring (bicyclic) bond motifs is 2. The smallest absolute Gasteiger partial charge is 0.274 e. The van der Waals surface area contributed by atoms with Crippen LogP contribution in [-0.2, 0) is 21.4 Å². The minimum Gasteiger partial charge on any atom is -0.457 e. The van der Waals surface area contributed by atoms with Crippen LogP contribution in [0.15, 0.2) is 83.9 Å². The molecule has 1 fully saturated rings. The van der Waals surface area contributed by atoms with Crippen molar-refractivity contribution in [2.45, 2.75) is 44.6 Å². The molecule has 2 aliphatic rings. The summed E-state index contributed by atoms with van der Waals surface area (Å²) in [4.78, 5) is 90.9. The number of aryl methyl sites for hydroxylation is 1. The number of aromatic amines is 1. The number of nitro groups is 1. The van der Waals surface area contributed by atoms with Gasteiger partial charge in [-0.25, -0.2) is 0 Å². The van der Waals surface area contributed by atoms with Crippen LogP contribution in [-0.4, -0.2) is 61.5 Å². The van der Waals surface area contributed by atoms with Gasteiger partial charge in [0.2, 0.25) is 17.7 Å². The Morgan fingerprint density at radius 2 is 1.76 bits per heavy atom. The van der Waals surface area contributed by atoms with Gasteiger partial charge >= 0.3 is 0 Å². The van der Waals surface area contributed by atoms with E-state index in [4.69, 9.17) is 4.74 Å². The van der Waals surface area contributed by atoms with Crippen LogP contribution in [0.5, 0.6) is 11.5 Å². The zero-order valence-corrected chi connectivity index (χ0v) is 29.5. The van der Waals surface area contributed by atoms with Crippen LogP contribution >= 0.6 is 0 Å². The molecule has 280 valence electrons. The zero-order valence-electron chi connectivity index (χ0n) is 29.5. The molecular weight excluding hydrogens is 710 g/mol. The van der Waals surface area contributed by atoms with Crippen LogP contribution < -0.4 is 26.2 Å². The molecule has 1 saturated heterocycles. The second kappa shape index (κ2) is 15.1. The SMILES string of the molecule is Cn1cc(-c2cc([N+](=O)[O-])ccc2Oc2cccc(NC(=O)CCCCCNc3cccc4c3C(=O)N(C3CCC(=O)NC3=O)C4=O)c2)c2cc[nH]c2c1=O. The van der Waals surface area contributed by atoms with Crippen molar-refractivity contribution in [2.75, 3.05) is 17.2 Å². The molecule has 0 saturated carbocycles. The van der Waals surface area contributed by atoms with E-state index >= 15 is 0 Å². The average molecular weight is 746 g/mol. The summed E-state index contributed by atoms with van der Waals surface area (Å²) in [6, 6.07) is 16.6. The lowest BCUT2D eigenvalue weighted by atomic mass is 10.0. The summed E-state index contributed by atoms with van der Waals surface area (Å²) in [7, 11) is 1.59. The number of benzene rings is 3. The number of pyridine rings is 1. The van der Waals surface area contributed by atoms with Crippen LogP contribution in [0, 0.1) is 10.1 Å². The predicted octanol–water partition coefficient (Wildman–Crippen LogP) is 5.25. The molecule has 5 aromatic rings. The van der Waals surface area contributed by atoms with E-state index in [-0.39, 0.29) is 47.5 Å². The number of hydrogen-bond donors (Lipinski definition) is 4. The summed E-state index contributed by atoms with van der Waals surface area (Å²) >= 11 is 0. The summed E-state index contributed by atoms with van der Waals surface area (Å²) in [6.07, 6.45) is 5.52. The molecule has 2 aromatic heterocycles. The molecule has 1 atom stereocenters. The fourth-order valence-electron chi connectivity index (χ4n) is 6.88. The maximum atomic E-state index is 13.3. The number of imide groups is 2. The van der Waals surface area contributed by atoms with Crippen molar-refractivity contribution in [3.8, 4) is 22.6 Å². The quantitative estimate of drug-likeness (QED) is 0.0532. The number of nitro benzene ring substituents is 1. The zero-order chi connectivity index (χ0) is 38.8. The van der Waals surface area contributed by atoms with Crippen molar-refractivity contribution in [1.82, 2.24) is 19.8 Å². The highest BCUT2D eigenvalue weighted by molar-refractivity contribution is 6.25. The van der Waals surface area contributed by atoms with Gasteiger partial charge in [0, 0.05) is 84.9 Å². The average Bonchev–Trinajstić information content (AvgIpc) is 3.75. The third kappa shape index (κ3) is 7.29. The van der Waals surface area contributed by atoms with Gasteiger partial charge in [0.1, 0.15) is 23.1 Å². The maximum absolute atomic E-state index is 13.3. The van der Waals surface area contributed by atoms with Gasteiger partial charge in [0.25, 0.3) is 23.1 Å². The number of rotatable bonds is 13. The Balaban J connectivity index is 0.934. The Hall–Kier alpha value is -7.10. The molecule has 0 bridgehead atoms. The second-order valence-electron chi connectivity index (χ2n) is 13.3. The number of hydrogen-bond acceptors (Lipinski definition) is 10. The molecular formula is C39H35N7O9. The summed E-state index contributed by atoms with van der Waals surface area (Å²) in [5, 5.41) is 20.5. The van der Waals surface area contributed by atoms with Gasteiger partial charge in [-0.05, 0) is 55.7 Å². The number of piperidine rings is 1. The minimum absolute atomic E-state index is 0.0391. The topological polar surface area (TPSA) is 215 Å². The molecule has 3 aromatic carbocycles. The molecule has 16 nitrogen and oxygen atoms in total. The fraction of sp³-hybridized carbons (Fsp3) is 0.231. The Bertz CT molecular complexity index is 2470. The van der Waals surface area contributed by atoms with Crippen LogP contribution in [0.3, 0.4) is 0 Å². The van der Waals surface area contributed by atoms with E-state index in [1.54, 1.807) is 61.9 Å². The lowest BCUT2D eigenvalue weighted by molar-refractivity contribution is -0.384. The molecule has 5 amide bonds. The molecule has 0 radical (unpaired) electrons. The van der Waals surface area contributed by atoms with E-state index < -0.39 is 34.6 Å². The highest BCUT2D eigenvalue weighted by Gasteiger charge is 2.45. The van der Waals surface area contributed by atoms with Gasteiger partial charge in [-0.2, -0.15) is 0 Å². The highest BCUT2D eigenvalue weighted by Crippen LogP contribution is 2.39. The summed E-state index contributed by atoms with van der Waals surface area (Å²) < 4.78 is 7.61. The molecule has 7 rings (SSSR count). The first kappa shape index (κ1) is 36.3. The van der Waals surface area contributed by atoms with E-state index in [1.165, 1.54) is 28.8 Å². The van der Waals surface area contributed by atoms with E-state index in [2.05, 4.69) is 20.9 Å². The summed E-state index contributed by atoms with van der Waals surface area (Å²) in [6.45, 7) is 0.469. The molecule has 16 heteroatoms.